The van der Waals surface area contributed by atoms with Crippen LogP contribution < -0.4 is 10.6 Å². The number of aromatic nitrogens is 5. The lowest BCUT2D eigenvalue weighted by Crippen LogP contribution is -2.23. The minimum atomic E-state index is 0.313. The molecular formula is C23H35N7. The number of aryl methyl sites for hydroxylation is 2. The van der Waals surface area contributed by atoms with Crippen molar-refractivity contribution in [3.63, 3.8) is 0 Å². The predicted octanol–water partition coefficient (Wildman–Crippen LogP) is 4.43. The van der Waals surface area contributed by atoms with E-state index in [-0.39, 0.29) is 0 Å². The number of nitrogens with two attached hydrogens (primary N) is 1. The van der Waals surface area contributed by atoms with E-state index in [1.54, 1.807) is 0 Å². The average Bonchev–Trinajstić information content (AvgIpc) is 3.09. The maximum absolute atomic E-state index is 6.13. The molecule has 7 nitrogen and oxygen atoms in total. The Kier molecular flexibility index (Phi) is 7.02. The van der Waals surface area contributed by atoms with Gasteiger partial charge in [0.05, 0.1) is 23.1 Å². The van der Waals surface area contributed by atoms with Crippen molar-refractivity contribution in [3.05, 3.63) is 29.2 Å². The molecule has 0 unspecified atom stereocenters. The van der Waals surface area contributed by atoms with Crippen LogP contribution in [0.25, 0.3) is 22.4 Å². The molecule has 3 heterocycles. The van der Waals surface area contributed by atoms with Crippen molar-refractivity contribution in [2.45, 2.75) is 73.4 Å². The van der Waals surface area contributed by atoms with E-state index in [1.807, 2.05) is 17.8 Å². The number of rotatable bonds is 9. The average molecular weight is 410 g/mol. The van der Waals surface area contributed by atoms with Gasteiger partial charge in [-0.15, -0.1) is 0 Å². The summed E-state index contributed by atoms with van der Waals surface area (Å²) in [6.45, 7) is 15.0. The van der Waals surface area contributed by atoms with Crippen LogP contribution in [0.3, 0.4) is 0 Å². The number of nitrogens with zero attached hydrogens (tertiary/aromatic N) is 6. The van der Waals surface area contributed by atoms with Crippen LogP contribution in [-0.4, -0.2) is 37.8 Å². The number of pyridine rings is 1. The molecule has 3 aromatic heterocycles. The Labute approximate surface area is 179 Å². The first-order valence-corrected chi connectivity index (χ1v) is 11.2. The van der Waals surface area contributed by atoms with E-state index in [9.17, 15) is 0 Å². The smallest absolute Gasteiger partial charge is 0.177 e. The summed E-state index contributed by atoms with van der Waals surface area (Å²) in [6, 6.07) is 2.49. The van der Waals surface area contributed by atoms with Gasteiger partial charge in [0.25, 0.3) is 0 Å². The summed E-state index contributed by atoms with van der Waals surface area (Å²) in [5.41, 5.74) is 12.6. The Hall–Kier alpha value is -2.54. The Bertz CT molecular complexity index is 1000. The van der Waals surface area contributed by atoms with Gasteiger partial charge in [-0.2, -0.15) is 5.10 Å². The zero-order valence-electron chi connectivity index (χ0n) is 19.2. The Balaban J connectivity index is 2.20. The minimum absolute atomic E-state index is 0.313. The molecule has 162 valence electrons. The molecule has 0 amide bonds. The molecule has 3 rings (SSSR count). The monoisotopic (exact) mass is 409 g/mol. The highest BCUT2D eigenvalue weighted by molar-refractivity contribution is 5.79. The van der Waals surface area contributed by atoms with Gasteiger partial charge in [0.15, 0.2) is 5.65 Å². The van der Waals surface area contributed by atoms with Crippen LogP contribution in [0.5, 0.6) is 0 Å². The molecule has 0 aliphatic carbocycles. The van der Waals surface area contributed by atoms with Crippen LogP contribution in [0.1, 0.15) is 70.5 Å². The van der Waals surface area contributed by atoms with Gasteiger partial charge < -0.3 is 10.6 Å². The van der Waals surface area contributed by atoms with Crippen molar-refractivity contribution in [1.82, 2.24) is 24.7 Å². The largest absolute Gasteiger partial charge is 0.357 e. The van der Waals surface area contributed by atoms with Crippen molar-refractivity contribution in [2.75, 3.05) is 18.0 Å². The molecule has 2 N–H and O–H groups in total. The molecule has 3 aromatic rings. The van der Waals surface area contributed by atoms with Crippen LogP contribution in [0.2, 0.25) is 0 Å². The minimum Gasteiger partial charge on any atom is -0.357 e. The molecule has 7 heteroatoms. The summed E-state index contributed by atoms with van der Waals surface area (Å²) in [4.78, 5) is 17.0. The van der Waals surface area contributed by atoms with E-state index in [1.165, 1.54) is 5.56 Å². The summed E-state index contributed by atoms with van der Waals surface area (Å²) >= 11 is 0. The lowest BCUT2D eigenvalue weighted by Gasteiger charge is -2.21. The van der Waals surface area contributed by atoms with Gasteiger partial charge in [-0.05, 0) is 51.7 Å². The van der Waals surface area contributed by atoms with Crippen LogP contribution in [0, 0.1) is 6.92 Å². The molecule has 0 atom stereocenters. The zero-order chi connectivity index (χ0) is 21.8. The first-order chi connectivity index (χ1) is 14.5. The number of fused-ring (bicyclic) bond motifs is 1. The normalized spacial score (nSPS) is 11.6. The van der Waals surface area contributed by atoms with Gasteiger partial charge in [0.1, 0.15) is 11.3 Å². The van der Waals surface area contributed by atoms with Crippen LogP contribution in [0.4, 0.5) is 5.82 Å². The van der Waals surface area contributed by atoms with E-state index in [0.29, 0.717) is 12.6 Å². The highest BCUT2D eigenvalue weighted by Crippen LogP contribution is 2.31. The Morgan fingerprint density at radius 1 is 1.07 bits per heavy atom. The van der Waals surface area contributed by atoms with Crippen molar-refractivity contribution in [3.8, 4) is 11.3 Å². The third-order valence-electron chi connectivity index (χ3n) is 5.95. The third kappa shape index (κ3) is 3.90. The molecule has 0 aromatic carbocycles. The van der Waals surface area contributed by atoms with Gasteiger partial charge in [0.2, 0.25) is 0 Å². The second-order valence-corrected chi connectivity index (χ2v) is 7.62. The number of anilines is 1. The molecule has 0 saturated carbocycles. The van der Waals surface area contributed by atoms with Crippen LogP contribution in [-0.2, 0) is 13.0 Å². The fourth-order valence-electron chi connectivity index (χ4n) is 4.08. The summed E-state index contributed by atoms with van der Waals surface area (Å²) in [5.74, 6) is 1.00. The summed E-state index contributed by atoms with van der Waals surface area (Å²) < 4.78 is 2.03. The Morgan fingerprint density at radius 3 is 2.33 bits per heavy atom. The maximum atomic E-state index is 6.13. The standard InChI is InChI=1S/C23H35N7/c1-7-16-12-20(29(10-4)11-5)25-14-18(16)22-19(13-24)26-23-21(27-22)15(6)28-30(23)17(8-2)9-3/h12,14,17H,7-11,13,24H2,1-6H3. The van der Waals surface area contributed by atoms with E-state index in [0.717, 1.165) is 72.0 Å². The molecule has 0 fully saturated rings. The highest BCUT2D eigenvalue weighted by atomic mass is 15.3. The number of hydrogen-bond donors (Lipinski definition) is 1. The maximum Gasteiger partial charge on any atom is 0.177 e. The quantitative estimate of drug-likeness (QED) is 0.563. The van der Waals surface area contributed by atoms with E-state index in [4.69, 9.17) is 25.8 Å². The summed E-state index contributed by atoms with van der Waals surface area (Å²) in [6.07, 6.45) is 4.83. The van der Waals surface area contributed by atoms with Crippen LogP contribution >= 0.6 is 0 Å². The summed E-state index contributed by atoms with van der Waals surface area (Å²) in [5, 5.41) is 4.77. The predicted molar refractivity (Wildman–Crippen MR) is 124 cm³/mol. The summed E-state index contributed by atoms with van der Waals surface area (Å²) in [7, 11) is 0. The highest BCUT2D eigenvalue weighted by Gasteiger charge is 2.21. The second kappa shape index (κ2) is 9.51. The van der Waals surface area contributed by atoms with E-state index < -0.39 is 0 Å². The first kappa shape index (κ1) is 22.2. The molecule has 0 bridgehead atoms. The van der Waals surface area contributed by atoms with Gasteiger partial charge in [-0.25, -0.2) is 19.6 Å². The number of hydrogen-bond acceptors (Lipinski definition) is 6. The Morgan fingerprint density at radius 2 is 1.77 bits per heavy atom. The molecule has 0 spiro atoms. The molecule has 0 radical (unpaired) electrons. The van der Waals surface area contributed by atoms with Gasteiger partial charge in [0, 0.05) is 31.4 Å². The lowest BCUT2D eigenvalue weighted by atomic mass is 10.0. The third-order valence-corrected chi connectivity index (χ3v) is 5.95. The van der Waals surface area contributed by atoms with Crippen molar-refractivity contribution < 1.29 is 0 Å². The van der Waals surface area contributed by atoms with Gasteiger partial charge in [-0.1, -0.05) is 20.8 Å². The SMILES string of the molecule is CCc1cc(N(CC)CC)ncc1-c1nc2c(C)nn(C(CC)CC)c2nc1CN. The topological polar surface area (TPSA) is 85.8 Å². The molecule has 30 heavy (non-hydrogen) atoms. The first-order valence-electron chi connectivity index (χ1n) is 11.2. The molecular weight excluding hydrogens is 374 g/mol. The van der Waals surface area contributed by atoms with E-state index >= 15 is 0 Å². The fourth-order valence-corrected chi connectivity index (χ4v) is 4.08. The molecule has 0 aliphatic heterocycles. The van der Waals surface area contributed by atoms with Crippen molar-refractivity contribution in [2.24, 2.45) is 5.73 Å². The second-order valence-electron chi connectivity index (χ2n) is 7.62. The van der Waals surface area contributed by atoms with Crippen molar-refractivity contribution in [1.29, 1.82) is 0 Å². The molecule has 0 saturated heterocycles. The van der Waals surface area contributed by atoms with Crippen LogP contribution in [0.15, 0.2) is 12.3 Å². The van der Waals surface area contributed by atoms with Gasteiger partial charge in [-0.3, -0.25) is 0 Å². The van der Waals surface area contributed by atoms with Crippen molar-refractivity contribution >= 4 is 17.0 Å². The van der Waals surface area contributed by atoms with Gasteiger partial charge >= 0.3 is 0 Å². The zero-order valence-corrected chi connectivity index (χ0v) is 19.2. The fraction of sp³-hybridized carbons (Fsp3) is 0.565. The lowest BCUT2D eigenvalue weighted by molar-refractivity contribution is 0.436. The molecule has 0 aliphatic rings. The van der Waals surface area contributed by atoms with E-state index in [2.05, 4.69) is 45.6 Å².